The van der Waals surface area contributed by atoms with Crippen molar-refractivity contribution < 1.29 is 4.74 Å². The second-order valence-electron chi connectivity index (χ2n) is 6.70. The lowest BCUT2D eigenvalue weighted by molar-refractivity contribution is 0.244. The Morgan fingerprint density at radius 3 is 2.81 bits per heavy atom. The molecule has 0 saturated heterocycles. The highest BCUT2D eigenvalue weighted by Gasteiger charge is 2.17. The number of anilines is 1. The summed E-state index contributed by atoms with van der Waals surface area (Å²) in [6.45, 7) is 5.90. The van der Waals surface area contributed by atoms with Crippen molar-refractivity contribution >= 4 is 17.0 Å². The summed E-state index contributed by atoms with van der Waals surface area (Å²) in [5, 5.41) is 14.1. The molecule has 134 valence electrons. The van der Waals surface area contributed by atoms with E-state index >= 15 is 0 Å². The molecule has 4 rings (SSSR count). The van der Waals surface area contributed by atoms with Crippen molar-refractivity contribution in [2.24, 2.45) is 0 Å². The Hall–Kier alpha value is -2.44. The van der Waals surface area contributed by atoms with Crippen molar-refractivity contribution in [1.82, 2.24) is 15.5 Å². The van der Waals surface area contributed by atoms with Crippen LogP contribution in [0.25, 0.3) is 21.1 Å². The Labute approximate surface area is 157 Å². The lowest BCUT2D eigenvalue weighted by Gasteiger charge is -2.19. The van der Waals surface area contributed by atoms with Gasteiger partial charge in [-0.15, -0.1) is 10.2 Å². The van der Waals surface area contributed by atoms with Crippen LogP contribution in [0.3, 0.4) is 0 Å². The highest BCUT2D eigenvalue weighted by Crippen LogP contribution is 2.36. The summed E-state index contributed by atoms with van der Waals surface area (Å²) in [6, 6.07) is 12.2. The van der Waals surface area contributed by atoms with Crippen LogP contribution in [0.4, 0.5) is 5.69 Å². The van der Waals surface area contributed by atoms with Crippen molar-refractivity contribution in [1.29, 1.82) is 0 Å². The van der Waals surface area contributed by atoms with Crippen LogP contribution in [0.5, 0.6) is 5.75 Å². The van der Waals surface area contributed by atoms with E-state index in [9.17, 15) is 0 Å². The second-order valence-corrected chi connectivity index (χ2v) is 7.68. The number of hydrogen-bond donors (Lipinski definition) is 2. The number of aromatic nitrogens is 2. The number of nitrogen functional groups attached to an aromatic ring is 1. The molecule has 0 atom stereocenters. The van der Waals surface area contributed by atoms with Gasteiger partial charge in [0.05, 0.1) is 11.8 Å². The van der Waals surface area contributed by atoms with E-state index in [0.29, 0.717) is 11.4 Å². The van der Waals surface area contributed by atoms with E-state index < -0.39 is 0 Å². The van der Waals surface area contributed by atoms with Gasteiger partial charge in [-0.1, -0.05) is 29.5 Å². The molecule has 6 heteroatoms. The summed E-state index contributed by atoms with van der Waals surface area (Å²) in [5.41, 5.74) is 11.7. The number of benzene rings is 2. The third-order valence-corrected chi connectivity index (χ3v) is 5.42. The lowest BCUT2D eigenvalue weighted by Crippen LogP contribution is -2.23. The zero-order valence-corrected chi connectivity index (χ0v) is 15.8. The number of nitrogens with one attached hydrogen (secondary N) is 1. The maximum Gasteiger partial charge on any atom is 0.148 e. The predicted molar refractivity (Wildman–Crippen MR) is 106 cm³/mol. The van der Waals surface area contributed by atoms with Crippen molar-refractivity contribution in [2.75, 3.05) is 12.3 Å². The first-order chi connectivity index (χ1) is 12.6. The van der Waals surface area contributed by atoms with Crippen molar-refractivity contribution in [3.8, 4) is 26.9 Å². The van der Waals surface area contributed by atoms with E-state index in [1.165, 1.54) is 16.7 Å². The van der Waals surface area contributed by atoms with Crippen LogP contribution in [-0.2, 0) is 13.0 Å². The predicted octanol–water partition coefficient (Wildman–Crippen LogP) is 3.89. The Morgan fingerprint density at radius 1 is 1.15 bits per heavy atom. The summed E-state index contributed by atoms with van der Waals surface area (Å²) in [4.78, 5) is 0. The molecule has 2 heterocycles. The largest absolute Gasteiger partial charge is 0.489 e. The zero-order valence-electron chi connectivity index (χ0n) is 15.0. The van der Waals surface area contributed by atoms with Gasteiger partial charge in [-0.05, 0) is 56.1 Å². The van der Waals surface area contributed by atoms with Gasteiger partial charge in [-0.2, -0.15) is 0 Å². The van der Waals surface area contributed by atoms with Crippen molar-refractivity contribution in [3.05, 3.63) is 47.5 Å². The summed E-state index contributed by atoms with van der Waals surface area (Å²) in [7, 11) is 0. The molecule has 0 spiro atoms. The Kier molecular flexibility index (Phi) is 4.61. The van der Waals surface area contributed by atoms with Gasteiger partial charge in [0.2, 0.25) is 0 Å². The number of fused-ring (bicyclic) bond motifs is 1. The van der Waals surface area contributed by atoms with E-state index in [4.69, 9.17) is 10.5 Å². The molecular formula is C20H22N4OS. The van der Waals surface area contributed by atoms with Gasteiger partial charge in [0.1, 0.15) is 15.8 Å². The Balaban J connectivity index is 1.66. The minimum absolute atomic E-state index is 0.0926. The normalized spacial score (nSPS) is 13.7. The monoisotopic (exact) mass is 366 g/mol. The molecular weight excluding hydrogens is 344 g/mol. The number of ether oxygens (including phenoxy) is 1. The van der Waals surface area contributed by atoms with Crippen LogP contribution in [0.2, 0.25) is 0 Å². The van der Waals surface area contributed by atoms with Gasteiger partial charge >= 0.3 is 0 Å². The fourth-order valence-electron chi connectivity index (χ4n) is 3.22. The molecule has 0 radical (unpaired) electrons. The SMILES string of the molecule is CC(C)Oc1ccc(-c2nnc(-c3cccc4c3CCNC4)s2)cc1N. The Bertz CT molecular complexity index is 935. The van der Waals surface area contributed by atoms with Gasteiger partial charge in [0.15, 0.2) is 0 Å². The molecule has 1 aliphatic rings. The van der Waals surface area contributed by atoms with E-state index in [2.05, 4.69) is 33.7 Å². The molecule has 0 saturated carbocycles. The first-order valence-electron chi connectivity index (χ1n) is 8.83. The van der Waals surface area contributed by atoms with Gasteiger partial charge in [-0.25, -0.2) is 0 Å². The number of nitrogens with two attached hydrogens (primary N) is 1. The summed E-state index contributed by atoms with van der Waals surface area (Å²) < 4.78 is 5.71. The number of nitrogens with zero attached hydrogens (tertiary/aromatic N) is 2. The molecule has 0 amide bonds. The summed E-state index contributed by atoms with van der Waals surface area (Å²) in [5.74, 6) is 0.707. The summed E-state index contributed by atoms with van der Waals surface area (Å²) >= 11 is 1.60. The molecule has 5 nitrogen and oxygen atoms in total. The third-order valence-electron chi connectivity index (χ3n) is 4.42. The van der Waals surface area contributed by atoms with E-state index in [-0.39, 0.29) is 6.10 Å². The van der Waals surface area contributed by atoms with Crippen LogP contribution in [-0.4, -0.2) is 22.8 Å². The van der Waals surface area contributed by atoms with Crippen molar-refractivity contribution in [3.63, 3.8) is 0 Å². The average molecular weight is 366 g/mol. The van der Waals surface area contributed by atoms with Gasteiger partial charge in [0.25, 0.3) is 0 Å². The van der Waals surface area contributed by atoms with Gasteiger partial charge in [0, 0.05) is 17.7 Å². The first kappa shape index (κ1) is 17.0. The zero-order chi connectivity index (χ0) is 18.1. The van der Waals surface area contributed by atoms with E-state index in [0.717, 1.165) is 35.1 Å². The maximum absolute atomic E-state index is 6.14. The van der Waals surface area contributed by atoms with Crippen molar-refractivity contribution in [2.45, 2.75) is 32.9 Å². The fourth-order valence-corrected chi connectivity index (χ4v) is 4.12. The smallest absolute Gasteiger partial charge is 0.148 e. The molecule has 0 aliphatic carbocycles. The fraction of sp³-hybridized carbons (Fsp3) is 0.300. The second kappa shape index (κ2) is 7.05. The van der Waals surface area contributed by atoms with Crippen LogP contribution >= 0.6 is 11.3 Å². The maximum atomic E-state index is 6.14. The molecule has 0 fully saturated rings. The molecule has 1 aliphatic heterocycles. The summed E-state index contributed by atoms with van der Waals surface area (Å²) in [6.07, 6.45) is 1.12. The van der Waals surface area contributed by atoms with Crippen LogP contribution in [0, 0.1) is 0 Å². The molecule has 3 N–H and O–H groups in total. The van der Waals surface area contributed by atoms with Gasteiger partial charge < -0.3 is 15.8 Å². The van der Waals surface area contributed by atoms with Crippen LogP contribution < -0.4 is 15.8 Å². The standard InChI is InChI=1S/C20H22N4OS/c1-12(2)25-18-7-6-13(10-17(18)21)19-23-24-20(26-19)16-5-3-4-14-11-22-9-8-15(14)16/h3-7,10,12,22H,8-9,11,21H2,1-2H3. The quantitative estimate of drug-likeness (QED) is 0.686. The van der Waals surface area contributed by atoms with E-state index in [1.54, 1.807) is 11.3 Å². The van der Waals surface area contributed by atoms with Crippen LogP contribution in [0.1, 0.15) is 25.0 Å². The highest BCUT2D eigenvalue weighted by molar-refractivity contribution is 7.17. The number of rotatable bonds is 4. The third kappa shape index (κ3) is 3.30. The molecule has 26 heavy (non-hydrogen) atoms. The molecule has 0 unspecified atom stereocenters. The topological polar surface area (TPSA) is 73.1 Å². The highest BCUT2D eigenvalue weighted by atomic mass is 32.1. The molecule has 0 bridgehead atoms. The first-order valence-corrected chi connectivity index (χ1v) is 9.65. The molecule has 2 aromatic carbocycles. The van der Waals surface area contributed by atoms with Gasteiger partial charge in [-0.3, -0.25) is 0 Å². The minimum atomic E-state index is 0.0926. The molecule has 3 aromatic rings. The van der Waals surface area contributed by atoms with Crippen LogP contribution in [0.15, 0.2) is 36.4 Å². The average Bonchev–Trinajstić information content (AvgIpc) is 3.12. The lowest BCUT2D eigenvalue weighted by atomic mass is 9.96. The minimum Gasteiger partial charge on any atom is -0.489 e. The molecule has 1 aromatic heterocycles. The number of hydrogen-bond acceptors (Lipinski definition) is 6. The Morgan fingerprint density at radius 2 is 2.00 bits per heavy atom. The van der Waals surface area contributed by atoms with E-state index in [1.807, 2.05) is 32.0 Å².